The van der Waals surface area contributed by atoms with Crippen LogP contribution in [0.1, 0.15) is 32.4 Å². The zero-order chi connectivity index (χ0) is 11.6. The van der Waals surface area contributed by atoms with E-state index in [9.17, 15) is 5.11 Å². The van der Waals surface area contributed by atoms with E-state index in [0.717, 1.165) is 30.8 Å². The van der Waals surface area contributed by atoms with Crippen LogP contribution in [0.5, 0.6) is 0 Å². The highest BCUT2D eigenvalue weighted by atomic mass is 16.3. The topological polar surface area (TPSA) is 49.2 Å². The number of β-amino-alcohol motifs (C(OH)–C–C–N with tert-alkyl or cyclic N) is 1. The lowest BCUT2D eigenvalue weighted by molar-refractivity contribution is 0.00804. The lowest BCUT2D eigenvalue weighted by Gasteiger charge is -2.46. The van der Waals surface area contributed by atoms with Crippen molar-refractivity contribution in [3.63, 3.8) is 0 Å². The Morgan fingerprint density at radius 2 is 2.12 bits per heavy atom. The molecule has 4 nitrogen and oxygen atoms in total. The monoisotopic (exact) mass is 221 g/mol. The Kier molecular flexibility index (Phi) is 3.10. The fourth-order valence-electron chi connectivity index (χ4n) is 2.00. The van der Waals surface area contributed by atoms with E-state index in [-0.39, 0.29) is 0 Å². The molecule has 1 fully saturated rings. The van der Waals surface area contributed by atoms with Crippen molar-refractivity contribution in [2.24, 2.45) is 0 Å². The van der Waals surface area contributed by atoms with Crippen molar-refractivity contribution in [2.75, 3.05) is 18.0 Å². The molecule has 0 spiro atoms. The smallest absolute Gasteiger partial charge is 0.132 e. The van der Waals surface area contributed by atoms with Crippen LogP contribution in [-0.4, -0.2) is 33.8 Å². The molecule has 2 rings (SSSR count). The minimum absolute atomic E-state index is 0.504. The standard InChI is InChI=1S/C12H19N3O/c1-3-5-10-6-11(14-9-13-10)15-7-12(16,4-2)8-15/h6,9,16H,3-5,7-8H2,1-2H3. The van der Waals surface area contributed by atoms with Crippen molar-refractivity contribution in [3.05, 3.63) is 18.1 Å². The molecule has 1 aliphatic rings. The van der Waals surface area contributed by atoms with Crippen LogP contribution in [0, 0.1) is 0 Å². The molecule has 1 N–H and O–H groups in total. The highest BCUT2D eigenvalue weighted by Gasteiger charge is 2.40. The maximum Gasteiger partial charge on any atom is 0.132 e. The van der Waals surface area contributed by atoms with Crippen LogP contribution in [0.2, 0.25) is 0 Å². The Balaban J connectivity index is 2.03. The summed E-state index contributed by atoms with van der Waals surface area (Å²) in [6.45, 7) is 5.53. The molecule has 0 unspecified atom stereocenters. The van der Waals surface area contributed by atoms with Gasteiger partial charge in [-0.1, -0.05) is 20.3 Å². The zero-order valence-corrected chi connectivity index (χ0v) is 9.98. The molecule has 0 amide bonds. The SMILES string of the molecule is CCCc1cc(N2CC(O)(CC)C2)ncn1. The molecular weight excluding hydrogens is 202 g/mol. The minimum Gasteiger partial charge on any atom is -0.386 e. The van der Waals surface area contributed by atoms with E-state index >= 15 is 0 Å². The van der Waals surface area contributed by atoms with E-state index in [4.69, 9.17) is 0 Å². The van der Waals surface area contributed by atoms with Crippen LogP contribution in [0.3, 0.4) is 0 Å². The minimum atomic E-state index is -0.504. The van der Waals surface area contributed by atoms with Crippen molar-refractivity contribution in [1.82, 2.24) is 9.97 Å². The summed E-state index contributed by atoms with van der Waals surface area (Å²) in [6.07, 6.45) is 4.50. The molecule has 1 aromatic rings. The summed E-state index contributed by atoms with van der Waals surface area (Å²) in [7, 11) is 0. The summed E-state index contributed by atoms with van der Waals surface area (Å²) in [5.41, 5.74) is 0.579. The molecule has 1 aliphatic heterocycles. The lowest BCUT2D eigenvalue weighted by Crippen LogP contribution is -2.61. The summed E-state index contributed by atoms with van der Waals surface area (Å²) in [5, 5.41) is 9.94. The first-order valence-corrected chi connectivity index (χ1v) is 5.95. The van der Waals surface area contributed by atoms with Crippen molar-refractivity contribution in [2.45, 2.75) is 38.7 Å². The fraction of sp³-hybridized carbons (Fsp3) is 0.667. The van der Waals surface area contributed by atoms with Crippen molar-refractivity contribution in [1.29, 1.82) is 0 Å². The van der Waals surface area contributed by atoms with E-state index in [1.54, 1.807) is 6.33 Å². The number of aryl methyl sites for hydroxylation is 1. The molecule has 0 aliphatic carbocycles. The summed E-state index contributed by atoms with van der Waals surface area (Å²) < 4.78 is 0. The number of aromatic nitrogens is 2. The quantitative estimate of drug-likeness (QED) is 0.834. The Morgan fingerprint density at radius 1 is 1.38 bits per heavy atom. The van der Waals surface area contributed by atoms with Crippen LogP contribution < -0.4 is 4.90 Å². The molecule has 88 valence electrons. The van der Waals surface area contributed by atoms with Crippen LogP contribution >= 0.6 is 0 Å². The number of hydrogen-bond donors (Lipinski definition) is 1. The molecule has 1 saturated heterocycles. The van der Waals surface area contributed by atoms with Gasteiger partial charge in [-0.25, -0.2) is 9.97 Å². The molecular formula is C12H19N3O. The van der Waals surface area contributed by atoms with E-state index in [2.05, 4.69) is 21.8 Å². The average Bonchev–Trinajstić information content (AvgIpc) is 2.26. The molecule has 2 heterocycles. The predicted molar refractivity (Wildman–Crippen MR) is 63.5 cm³/mol. The second-order valence-corrected chi connectivity index (χ2v) is 4.55. The molecule has 0 radical (unpaired) electrons. The largest absolute Gasteiger partial charge is 0.386 e. The Hall–Kier alpha value is -1.16. The third-order valence-electron chi connectivity index (χ3n) is 3.17. The van der Waals surface area contributed by atoms with E-state index in [0.29, 0.717) is 13.1 Å². The highest BCUT2D eigenvalue weighted by Crippen LogP contribution is 2.28. The van der Waals surface area contributed by atoms with Gasteiger partial charge in [-0.15, -0.1) is 0 Å². The van der Waals surface area contributed by atoms with Gasteiger partial charge in [0.05, 0.1) is 5.60 Å². The third kappa shape index (κ3) is 2.16. The summed E-state index contributed by atoms with van der Waals surface area (Å²) in [6, 6.07) is 2.03. The number of rotatable bonds is 4. The average molecular weight is 221 g/mol. The molecule has 0 saturated carbocycles. The van der Waals surface area contributed by atoms with Gasteiger partial charge in [-0.3, -0.25) is 0 Å². The van der Waals surface area contributed by atoms with Crippen molar-refractivity contribution >= 4 is 5.82 Å². The lowest BCUT2D eigenvalue weighted by atomic mass is 9.91. The maximum absolute atomic E-state index is 9.94. The zero-order valence-electron chi connectivity index (χ0n) is 9.98. The van der Waals surface area contributed by atoms with Crippen LogP contribution in [-0.2, 0) is 6.42 Å². The predicted octanol–water partition coefficient (Wildman–Crippen LogP) is 1.39. The van der Waals surface area contributed by atoms with Gasteiger partial charge in [0, 0.05) is 24.8 Å². The number of hydrogen-bond acceptors (Lipinski definition) is 4. The first-order chi connectivity index (χ1) is 7.67. The van der Waals surface area contributed by atoms with Gasteiger partial charge in [-0.05, 0) is 12.8 Å². The van der Waals surface area contributed by atoms with E-state index in [1.807, 2.05) is 13.0 Å². The summed E-state index contributed by atoms with van der Waals surface area (Å²) in [4.78, 5) is 10.6. The van der Waals surface area contributed by atoms with Crippen molar-refractivity contribution < 1.29 is 5.11 Å². The van der Waals surface area contributed by atoms with Gasteiger partial charge < -0.3 is 10.0 Å². The van der Waals surface area contributed by atoms with Crippen molar-refractivity contribution in [3.8, 4) is 0 Å². The van der Waals surface area contributed by atoms with E-state index < -0.39 is 5.60 Å². The molecule has 16 heavy (non-hydrogen) atoms. The van der Waals surface area contributed by atoms with Crippen LogP contribution in [0.15, 0.2) is 12.4 Å². The van der Waals surface area contributed by atoms with Gasteiger partial charge in [-0.2, -0.15) is 0 Å². The maximum atomic E-state index is 9.94. The van der Waals surface area contributed by atoms with Gasteiger partial charge >= 0.3 is 0 Å². The Morgan fingerprint density at radius 3 is 2.75 bits per heavy atom. The Bertz CT molecular complexity index is 361. The van der Waals surface area contributed by atoms with Gasteiger partial charge in [0.2, 0.25) is 0 Å². The van der Waals surface area contributed by atoms with Gasteiger partial charge in [0.15, 0.2) is 0 Å². The first-order valence-electron chi connectivity index (χ1n) is 5.95. The molecule has 1 aromatic heterocycles. The second kappa shape index (κ2) is 4.37. The van der Waals surface area contributed by atoms with E-state index in [1.165, 1.54) is 0 Å². The summed E-state index contributed by atoms with van der Waals surface area (Å²) in [5.74, 6) is 0.941. The third-order valence-corrected chi connectivity index (χ3v) is 3.17. The van der Waals surface area contributed by atoms with Gasteiger partial charge in [0.1, 0.15) is 12.1 Å². The number of nitrogens with zero attached hydrogens (tertiary/aromatic N) is 3. The van der Waals surface area contributed by atoms with Gasteiger partial charge in [0.25, 0.3) is 0 Å². The molecule has 0 atom stereocenters. The normalized spacial score (nSPS) is 18.3. The fourth-order valence-corrected chi connectivity index (χ4v) is 2.00. The number of anilines is 1. The highest BCUT2D eigenvalue weighted by molar-refractivity contribution is 5.44. The summed E-state index contributed by atoms with van der Waals surface area (Å²) >= 11 is 0. The second-order valence-electron chi connectivity index (χ2n) is 4.55. The first kappa shape index (κ1) is 11.3. The van der Waals surface area contributed by atoms with Crippen LogP contribution in [0.4, 0.5) is 5.82 Å². The number of aliphatic hydroxyl groups is 1. The molecule has 0 bridgehead atoms. The molecule has 0 aromatic carbocycles. The Labute approximate surface area is 96.3 Å². The van der Waals surface area contributed by atoms with Crippen LogP contribution in [0.25, 0.3) is 0 Å². The molecule has 4 heteroatoms.